The highest BCUT2D eigenvalue weighted by Crippen LogP contribution is 2.33. The molecule has 0 bridgehead atoms. The zero-order valence-corrected chi connectivity index (χ0v) is 15.3. The van der Waals surface area contributed by atoms with E-state index in [9.17, 15) is 18.0 Å². The molecule has 0 spiro atoms. The molecule has 1 aromatic rings. The van der Waals surface area contributed by atoms with Gasteiger partial charge >= 0.3 is 12.3 Å². The lowest BCUT2D eigenvalue weighted by Gasteiger charge is -2.40. The summed E-state index contributed by atoms with van der Waals surface area (Å²) in [6, 6.07) is 1.53. The van der Waals surface area contributed by atoms with Gasteiger partial charge in [0, 0.05) is 25.7 Å². The molecule has 0 saturated carbocycles. The maximum absolute atomic E-state index is 12.9. The molecule has 25 heavy (non-hydrogen) atoms. The van der Waals surface area contributed by atoms with E-state index in [0.29, 0.717) is 19.6 Å². The second-order valence-corrected chi connectivity index (χ2v) is 7.39. The first kappa shape index (κ1) is 19.6. The number of alkyl halides is 3. The minimum absolute atomic E-state index is 0.149. The first-order valence-electron chi connectivity index (χ1n) is 7.86. The van der Waals surface area contributed by atoms with Gasteiger partial charge in [-0.2, -0.15) is 13.2 Å². The molecule has 0 aliphatic carbocycles. The summed E-state index contributed by atoms with van der Waals surface area (Å²) in [5.74, 6) is 0.149. The van der Waals surface area contributed by atoms with Gasteiger partial charge in [-0.05, 0) is 39.8 Å². The SMILES string of the molecule is C[C@H]1CN(c2cc(C(F)(F)F)cc(Cl)n2)CCN1C(=O)OC(C)(C)C. The van der Waals surface area contributed by atoms with Gasteiger partial charge < -0.3 is 14.5 Å². The van der Waals surface area contributed by atoms with E-state index in [1.807, 2.05) is 6.92 Å². The molecular formula is C16H21ClF3N3O2. The normalized spacial score (nSPS) is 19.1. The lowest BCUT2D eigenvalue weighted by atomic mass is 10.1. The number of hydrogen-bond acceptors (Lipinski definition) is 4. The van der Waals surface area contributed by atoms with Gasteiger partial charge in [0.05, 0.1) is 5.56 Å². The van der Waals surface area contributed by atoms with E-state index in [-0.39, 0.29) is 17.0 Å². The molecule has 5 nitrogen and oxygen atoms in total. The molecule has 140 valence electrons. The molecule has 2 heterocycles. The van der Waals surface area contributed by atoms with Gasteiger partial charge in [0.25, 0.3) is 0 Å². The predicted octanol–water partition coefficient (Wildman–Crippen LogP) is 4.20. The quantitative estimate of drug-likeness (QED) is 0.686. The van der Waals surface area contributed by atoms with E-state index in [4.69, 9.17) is 16.3 Å². The van der Waals surface area contributed by atoms with Crippen LogP contribution in [0.2, 0.25) is 5.15 Å². The Bertz CT molecular complexity index is 646. The van der Waals surface area contributed by atoms with Crippen molar-refractivity contribution in [3.8, 4) is 0 Å². The first-order chi connectivity index (χ1) is 11.4. The van der Waals surface area contributed by atoms with Crippen LogP contribution in [0.4, 0.5) is 23.8 Å². The zero-order chi connectivity index (χ0) is 19.0. The van der Waals surface area contributed by atoms with Crippen molar-refractivity contribution in [1.29, 1.82) is 0 Å². The summed E-state index contributed by atoms with van der Waals surface area (Å²) in [5.41, 5.74) is -1.45. The Morgan fingerprint density at radius 2 is 1.92 bits per heavy atom. The summed E-state index contributed by atoms with van der Waals surface area (Å²) in [7, 11) is 0. The number of ether oxygens (including phenoxy) is 1. The van der Waals surface area contributed by atoms with Crippen LogP contribution in [0.3, 0.4) is 0 Å². The van der Waals surface area contributed by atoms with Crippen LogP contribution in [0.25, 0.3) is 0 Å². The molecule has 9 heteroatoms. The van der Waals surface area contributed by atoms with E-state index in [1.54, 1.807) is 30.6 Å². The average molecular weight is 380 g/mol. The van der Waals surface area contributed by atoms with Gasteiger partial charge in [-0.3, -0.25) is 0 Å². The molecule has 1 aliphatic rings. The van der Waals surface area contributed by atoms with E-state index in [0.717, 1.165) is 12.1 Å². The Morgan fingerprint density at radius 3 is 2.44 bits per heavy atom. The Morgan fingerprint density at radius 1 is 1.28 bits per heavy atom. The van der Waals surface area contributed by atoms with Crippen LogP contribution in [-0.2, 0) is 10.9 Å². The molecule has 0 unspecified atom stereocenters. The van der Waals surface area contributed by atoms with E-state index < -0.39 is 23.4 Å². The highest BCUT2D eigenvalue weighted by atomic mass is 35.5. The zero-order valence-electron chi connectivity index (χ0n) is 14.5. The first-order valence-corrected chi connectivity index (χ1v) is 8.24. The van der Waals surface area contributed by atoms with Gasteiger partial charge in [-0.15, -0.1) is 0 Å². The fourth-order valence-corrected chi connectivity index (χ4v) is 2.77. The second kappa shape index (κ2) is 6.90. The number of amides is 1. The lowest BCUT2D eigenvalue weighted by molar-refractivity contribution is -0.137. The van der Waals surface area contributed by atoms with Crippen molar-refractivity contribution in [2.75, 3.05) is 24.5 Å². The highest BCUT2D eigenvalue weighted by Gasteiger charge is 2.34. The van der Waals surface area contributed by atoms with Crippen LogP contribution in [0.15, 0.2) is 12.1 Å². The van der Waals surface area contributed by atoms with E-state index >= 15 is 0 Å². The molecule has 2 rings (SSSR count). The van der Waals surface area contributed by atoms with Gasteiger partial charge in [-0.1, -0.05) is 11.6 Å². The molecule has 1 aliphatic heterocycles. The number of carbonyl (C=O) groups is 1. The molecule has 0 N–H and O–H groups in total. The summed E-state index contributed by atoms with van der Waals surface area (Å²) in [6.45, 7) is 8.15. The number of aromatic nitrogens is 1. The van der Waals surface area contributed by atoms with Gasteiger partial charge in [-0.25, -0.2) is 9.78 Å². The summed E-state index contributed by atoms with van der Waals surface area (Å²) in [5, 5.41) is -0.216. The van der Waals surface area contributed by atoms with E-state index in [2.05, 4.69) is 4.98 Å². The summed E-state index contributed by atoms with van der Waals surface area (Å²) >= 11 is 5.74. The molecule has 0 aromatic carbocycles. The number of carbonyl (C=O) groups excluding carboxylic acids is 1. The topological polar surface area (TPSA) is 45.7 Å². The van der Waals surface area contributed by atoms with Crippen LogP contribution in [0.5, 0.6) is 0 Å². The van der Waals surface area contributed by atoms with Crippen molar-refractivity contribution in [3.63, 3.8) is 0 Å². The Balaban J connectivity index is 2.13. The predicted molar refractivity (Wildman–Crippen MR) is 88.9 cm³/mol. The van der Waals surface area contributed by atoms with Crippen molar-refractivity contribution in [1.82, 2.24) is 9.88 Å². The highest BCUT2D eigenvalue weighted by molar-refractivity contribution is 6.29. The van der Waals surface area contributed by atoms with Crippen molar-refractivity contribution in [3.05, 3.63) is 22.8 Å². The minimum Gasteiger partial charge on any atom is -0.444 e. The number of pyridine rings is 1. The second-order valence-electron chi connectivity index (χ2n) is 7.00. The number of hydrogen-bond donors (Lipinski definition) is 0. The third kappa shape index (κ3) is 5.14. The van der Waals surface area contributed by atoms with Crippen LogP contribution < -0.4 is 4.90 Å². The fraction of sp³-hybridized carbons (Fsp3) is 0.625. The van der Waals surface area contributed by atoms with Crippen LogP contribution in [0, 0.1) is 0 Å². The molecule has 1 amide bonds. The molecule has 1 aromatic heterocycles. The van der Waals surface area contributed by atoms with Crippen molar-refractivity contribution < 1.29 is 22.7 Å². The number of halogens is 4. The molecule has 1 fully saturated rings. The van der Waals surface area contributed by atoms with Crippen molar-refractivity contribution in [2.24, 2.45) is 0 Å². The Hall–Kier alpha value is -1.70. The van der Waals surface area contributed by atoms with Crippen LogP contribution >= 0.6 is 11.6 Å². The maximum Gasteiger partial charge on any atom is 0.416 e. The number of piperazine rings is 1. The van der Waals surface area contributed by atoms with Crippen molar-refractivity contribution >= 4 is 23.5 Å². The largest absolute Gasteiger partial charge is 0.444 e. The van der Waals surface area contributed by atoms with Crippen LogP contribution in [0.1, 0.15) is 33.3 Å². The molecule has 1 saturated heterocycles. The fourth-order valence-electron chi connectivity index (χ4n) is 2.57. The Kier molecular flexibility index (Phi) is 5.41. The molecule has 1 atom stereocenters. The molecule has 0 radical (unpaired) electrons. The smallest absolute Gasteiger partial charge is 0.416 e. The minimum atomic E-state index is -4.49. The summed E-state index contributed by atoms with van der Waals surface area (Å²) < 4.78 is 44.2. The summed E-state index contributed by atoms with van der Waals surface area (Å²) in [4.78, 5) is 19.5. The van der Waals surface area contributed by atoms with Gasteiger partial charge in [0.1, 0.15) is 16.6 Å². The number of rotatable bonds is 1. The maximum atomic E-state index is 12.9. The molecular weight excluding hydrogens is 359 g/mol. The average Bonchev–Trinajstić information content (AvgIpc) is 2.43. The number of nitrogens with zero attached hydrogens (tertiary/aromatic N) is 3. The Labute approximate surface area is 149 Å². The standard InChI is InChI=1S/C16H21ClF3N3O2/c1-10-9-22(5-6-23(10)14(24)25-15(2,3)4)13-8-11(16(18,19)20)7-12(17)21-13/h7-8,10H,5-6,9H2,1-4H3/t10-/m0/s1. The lowest BCUT2D eigenvalue weighted by Crippen LogP contribution is -2.55. The summed E-state index contributed by atoms with van der Waals surface area (Å²) in [6.07, 6.45) is -4.93. The third-order valence-corrected chi connectivity index (χ3v) is 3.88. The third-order valence-electron chi connectivity index (χ3n) is 3.69. The van der Waals surface area contributed by atoms with Crippen LogP contribution in [-0.4, -0.2) is 47.3 Å². The van der Waals surface area contributed by atoms with Gasteiger partial charge in [0.15, 0.2) is 0 Å². The number of anilines is 1. The van der Waals surface area contributed by atoms with E-state index in [1.165, 1.54) is 0 Å². The monoisotopic (exact) mass is 379 g/mol. The van der Waals surface area contributed by atoms with Crippen molar-refractivity contribution in [2.45, 2.75) is 45.5 Å². The van der Waals surface area contributed by atoms with Gasteiger partial charge in [0.2, 0.25) is 0 Å².